The van der Waals surface area contributed by atoms with Crippen LogP contribution in [-0.2, 0) is 17.7 Å². The van der Waals surface area contributed by atoms with Crippen molar-refractivity contribution >= 4 is 28.7 Å². The van der Waals surface area contributed by atoms with E-state index in [-0.39, 0.29) is 31.1 Å². The number of carbonyl (C=O) groups excluding carboxylic acids is 1. The summed E-state index contributed by atoms with van der Waals surface area (Å²) in [5.74, 6) is -3.03. The SMILES string of the molecule is CNc1cc(N2CCc3c(CN4CC[C@@H](N5CCC6(CCNCC6)CC5)C(F)(F)C4)cc(F)cc32)nn2c(C(=O)N[C@@H]3CC[C@H]3OC)cnc12. The van der Waals surface area contributed by atoms with Gasteiger partial charge in [-0.1, -0.05) is 0 Å². The van der Waals surface area contributed by atoms with Gasteiger partial charge in [-0.2, -0.15) is 0 Å². The van der Waals surface area contributed by atoms with E-state index >= 15 is 13.2 Å². The molecule has 1 saturated carbocycles. The second kappa shape index (κ2) is 13.3. The number of anilines is 3. The largest absolute Gasteiger partial charge is 0.385 e. The van der Waals surface area contributed by atoms with Gasteiger partial charge in [-0.05, 0) is 106 Å². The van der Waals surface area contributed by atoms with Gasteiger partial charge in [0.2, 0.25) is 0 Å². The number of ether oxygens (including phenoxy) is 1. The van der Waals surface area contributed by atoms with Crippen molar-refractivity contribution in [3.63, 3.8) is 0 Å². The molecule has 2 aromatic heterocycles. The number of halogens is 3. The van der Waals surface area contributed by atoms with E-state index in [1.807, 2.05) is 15.9 Å². The molecule has 0 unspecified atom stereocenters. The number of fused-ring (bicyclic) bond motifs is 2. The Morgan fingerprint density at radius 3 is 2.56 bits per heavy atom. The van der Waals surface area contributed by atoms with E-state index in [2.05, 4.69) is 20.9 Å². The Labute approximate surface area is 290 Å². The molecule has 50 heavy (non-hydrogen) atoms. The van der Waals surface area contributed by atoms with Gasteiger partial charge in [-0.15, -0.1) is 5.10 Å². The average molecular weight is 696 g/mol. The lowest BCUT2D eigenvalue weighted by atomic mass is 9.71. The van der Waals surface area contributed by atoms with Crippen molar-refractivity contribution in [2.24, 2.45) is 5.41 Å². The summed E-state index contributed by atoms with van der Waals surface area (Å²) in [5, 5.41) is 14.4. The van der Waals surface area contributed by atoms with Gasteiger partial charge >= 0.3 is 0 Å². The number of benzene rings is 1. The number of nitrogens with one attached hydrogen (secondary N) is 3. The third-order valence-corrected chi connectivity index (χ3v) is 12.2. The molecule has 14 heteroatoms. The number of methoxy groups -OCH3 is 1. The Hall–Kier alpha value is -3.46. The van der Waals surface area contributed by atoms with E-state index in [0.29, 0.717) is 59.9 Å². The molecule has 5 aliphatic rings. The van der Waals surface area contributed by atoms with Gasteiger partial charge in [0.25, 0.3) is 11.8 Å². The minimum atomic E-state index is -2.85. The summed E-state index contributed by atoms with van der Waals surface area (Å²) in [4.78, 5) is 23.5. The van der Waals surface area contributed by atoms with Crippen LogP contribution in [0.5, 0.6) is 0 Å². The average Bonchev–Trinajstić information content (AvgIpc) is 3.72. The third kappa shape index (κ3) is 6.11. The van der Waals surface area contributed by atoms with E-state index in [4.69, 9.17) is 9.84 Å². The third-order valence-electron chi connectivity index (χ3n) is 12.2. The van der Waals surface area contributed by atoms with Crippen molar-refractivity contribution in [3.05, 3.63) is 47.0 Å². The van der Waals surface area contributed by atoms with Crippen LogP contribution in [0.2, 0.25) is 0 Å². The quantitative estimate of drug-likeness (QED) is 0.321. The molecule has 1 amide bonds. The van der Waals surface area contributed by atoms with Crippen LogP contribution in [0.15, 0.2) is 24.4 Å². The molecular formula is C36H48F3N9O2. The van der Waals surface area contributed by atoms with Crippen LogP contribution in [0.4, 0.5) is 30.4 Å². The molecule has 270 valence electrons. The van der Waals surface area contributed by atoms with Gasteiger partial charge in [-0.25, -0.2) is 22.7 Å². The molecule has 11 nitrogen and oxygen atoms in total. The zero-order valence-electron chi connectivity index (χ0n) is 29.0. The van der Waals surface area contributed by atoms with Gasteiger partial charge < -0.3 is 25.6 Å². The molecule has 4 aliphatic heterocycles. The van der Waals surface area contributed by atoms with Gasteiger partial charge in [0.1, 0.15) is 5.82 Å². The summed E-state index contributed by atoms with van der Waals surface area (Å²) in [5.41, 5.74) is 4.11. The zero-order chi connectivity index (χ0) is 34.6. The summed E-state index contributed by atoms with van der Waals surface area (Å²) in [6.45, 7) is 4.54. The summed E-state index contributed by atoms with van der Waals surface area (Å²) in [6.07, 6.45) is 8.53. The van der Waals surface area contributed by atoms with Gasteiger partial charge in [0.05, 0.1) is 36.6 Å². The van der Waals surface area contributed by atoms with Crippen LogP contribution >= 0.6 is 0 Å². The Morgan fingerprint density at radius 1 is 1.06 bits per heavy atom. The van der Waals surface area contributed by atoms with Crippen molar-refractivity contribution in [2.75, 3.05) is 70.2 Å². The first-order valence-electron chi connectivity index (χ1n) is 18.2. The number of carbonyl (C=O) groups is 1. The summed E-state index contributed by atoms with van der Waals surface area (Å²) in [6, 6.07) is 4.01. The number of likely N-dealkylation sites (tertiary alicyclic amines) is 2. The number of aromatic nitrogens is 3. The van der Waals surface area contributed by atoms with Crippen LogP contribution in [0.1, 0.15) is 66.6 Å². The minimum Gasteiger partial charge on any atom is -0.385 e. The topological polar surface area (TPSA) is 102 Å². The molecule has 4 fully saturated rings. The van der Waals surface area contributed by atoms with E-state index in [1.165, 1.54) is 22.8 Å². The Morgan fingerprint density at radius 2 is 1.86 bits per heavy atom. The first kappa shape index (κ1) is 33.7. The second-order valence-corrected chi connectivity index (χ2v) is 15.0. The second-order valence-electron chi connectivity index (χ2n) is 15.0. The lowest BCUT2D eigenvalue weighted by Gasteiger charge is -2.50. The van der Waals surface area contributed by atoms with Crippen molar-refractivity contribution in [2.45, 2.75) is 82.0 Å². The van der Waals surface area contributed by atoms with Crippen molar-refractivity contribution in [1.82, 2.24) is 35.0 Å². The van der Waals surface area contributed by atoms with Crippen molar-refractivity contribution in [3.8, 4) is 0 Å². The maximum Gasteiger partial charge on any atom is 0.275 e. The summed E-state index contributed by atoms with van der Waals surface area (Å²) in [7, 11) is 3.42. The number of amides is 1. The molecule has 0 radical (unpaired) electrons. The lowest BCUT2D eigenvalue weighted by Crippen LogP contribution is -2.60. The van der Waals surface area contributed by atoms with Gasteiger partial charge in [-0.3, -0.25) is 14.6 Å². The predicted molar refractivity (Wildman–Crippen MR) is 185 cm³/mol. The number of alkyl halides is 2. The van der Waals surface area contributed by atoms with Crippen LogP contribution in [0.3, 0.4) is 0 Å². The number of rotatable bonds is 8. The molecule has 1 spiro atoms. The molecule has 0 bridgehead atoms. The molecule has 3 N–H and O–H groups in total. The van der Waals surface area contributed by atoms with Gasteiger partial charge in [0, 0.05) is 45.5 Å². The zero-order valence-corrected chi connectivity index (χ0v) is 29.0. The molecule has 8 rings (SSSR count). The molecular weight excluding hydrogens is 647 g/mol. The molecule has 6 heterocycles. The maximum absolute atomic E-state index is 15.8. The van der Waals surface area contributed by atoms with E-state index in [0.717, 1.165) is 75.8 Å². The Kier molecular flexibility index (Phi) is 8.93. The molecule has 3 saturated heterocycles. The Balaban J connectivity index is 0.989. The van der Waals surface area contributed by atoms with Crippen LogP contribution < -0.4 is 20.9 Å². The number of imidazole rings is 1. The van der Waals surface area contributed by atoms with E-state index in [1.54, 1.807) is 19.1 Å². The number of hydrogen-bond donors (Lipinski definition) is 3. The van der Waals surface area contributed by atoms with Crippen molar-refractivity contribution < 1.29 is 22.7 Å². The first-order valence-corrected chi connectivity index (χ1v) is 18.2. The highest BCUT2D eigenvalue weighted by Crippen LogP contribution is 2.43. The molecule has 1 aromatic carbocycles. The number of piperidine rings is 3. The number of nitrogens with zero attached hydrogens (tertiary/aromatic N) is 6. The van der Waals surface area contributed by atoms with Crippen LogP contribution in [0, 0.1) is 11.2 Å². The maximum atomic E-state index is 15.8. The highest BCUT2D eigenvalue weighted by molar-refractivity contribution is 5.94. The van der Waals surface area contributed by atoms with Gasteiger partial charge in [0.15, 0.2) is 17.2 Å². The van der Waals surface area contributed by atoms with Crippen LogP contribution in [0.25, 0.3) is 5.65 Å². The monoisotopic (exact) mass is 695 g/mol. The fourth-order valence-corrected chi connectivity index (χ4v) is 9.11. The van der Waals surface area contributed by atoms with Crippen LogP contribution in [-0.4, -0.2) is 114 Å². The molecule has 1 aliphatic carbocycles. The Bertz CT molecular complexity index is 1730. The number of hydrogen-bond acceptors (Lipinski definition) is 9. The summed E-state index contributed by atoms with van der Waals surface area (Å²) >= 11 is 0. The van der Waals surface area contributed by atoms with E-state index in [9.17, 15) is 4.79 Å². The fraction of sp³-hybridized carbons (Fsp3) is 0.639. The standard InChI is InChI=1S/C36H48F3N9O2/c1-40-27-19-32(44-48-29(20-42-33(27)48)34(49)43-26-3-4-30(26)50-2)47-14-5-25-23(17-24(37)18-28(25)47)21-45-13-6-31(36(38,39)22-45)46-15-9-35(10-16-46)7-11-41-12-8-35/h17-20,26,30-31,40-41H,3-16,21-22H2,1-2H3,(H,43,49)/t26-,30-,31-/m1/s1. The highest BCUT2D eigenvalue weighted by atomic mass is 19.3. The summed E-state index contributed by atoms with van der Waals surface area (Å²) < 4.78 is 53.9. The molecule has 3 aromatic rings. The predicted octanol–water partition coefficient (Wildman–Crippen LogP) is 4.19. The first-order chi connectivity index (χ1) is 24.2. The minimum absolute atomic E-state index is 0.0148. The van der Waals surface area contributed by atoms with Crippen molar-refractivity contribution in [1.29, 1.82) is 0 Å². The normalized spacial score (nSPS) is 26.6. The highest BCUT2D eigenvalue weighted by Gasteiger charge is 2.49. The van der Waals surface area contributed by atoms with E-state index < -0.39 is 17.8 Å². The smallest absolute Gasteiger partial charge is 0.275 e. The molecule has 3 atom stereocenters. The fourth-order valence-electron chi connectivity index (χ4n) is 9.11. The lowest BCUT2D eigenvalue weighted by molar-refractivity contribution is -0.138.